The maximum Gasteiger partial charge on any atom is 0.318 e. The van der Waals surface area contributed by atoms with Crippen LogP contribution in [0.4, 0.5) is 5.69 Å². The molecule has 3 rings (SSSR count). The Morgan fingerprint density at radius 1 is 1.12 bits per heavy atom. The minimum atomic E-state index is -0.284. The number of nitrogens with two attached hydrogens (primary N) is 2. The highest BCUT2D eigenvalue weighted by Gasteiger charge is 2.28. The van der Waals surface area contributed by atoms with E-state index in [-0.39, 0.29) is 30.3 Å². The van der Waals surface area contributed by atoms with Crippen LogP contribution >= 0.6 is 12.4 Å². The van der Waals surface area contributed by atoms with Crippen molar-refractivity contribution in [1.29, 1.82) is 0 Å². The Kier molecular flexibility index (Phi) is 5.82. The van der Waals surface area contributed by atoms with Crippen LogP contribution in [-0.2, 0) is 11.2 Å². The van der Waals surface area contributed by atoms with E-state index in [1.165, 1.54) is 0 Å². The quantitative estimate of drug-likeness (QED) is 0.387. The number of aryl methyl sites for hydroxylation is 1. The van der Waals surface area contributed by atoms with Gasteiger partial charge in [-0.05, 0) is 54.7 Å². The molecule has 2 aromatic rings. The van der Waals surface area contributed by atoms with Crippen LogP contribution in [0, 0.1) is 0 Å². The Balaban J connectivity index is 0.00000208. The van der Waals surface area contributed by atoms with Crippen LogP contribution in [0.5, 0.6) is 5.75 Å². The zero-order chi connectivity index (χ0) is 16.2. The van der Waals surface area contributed by atoms with Gasteiger partial charge in [0.1, 0.15) is 5.75 Å². The second kappa shape index (κ2) is 7.84. The molecule has 0 aromatic heterocycles. The molecule has 1 unspecified atom stereocenters. The van der Waals surface area contributed by atoms with E-state index in [0.29, 0.717) is 11.4 Å². The van der Waals surface area contributed by atoms with Gasteiger partial charge in [-0.3, -0.25) is 4.79 Å². The predicted molar refractivity (Wildman–Crippen MR) is 96.9 cm³/mol. The average Bonchev–Trinajstić information content (AvgIpc) is 2.54. The van der Waals surface area contributed by atoms with Gasteiger partial charge in [0, 0.05) is 0 Å². The van der Waals surface area contributed by atoms with Gasteiger partial charge in [0.15, 0.2) is 5.96 Å². The van der Waals surface area contributed by atoms with Gasteiger partial charge >= 0.3 is 5.97 Å². The van der Waals surface area contributed by atoms with E-state index in [1.54, 1.807) is 12.1 Å². The number of hydrogen-bond donors (Lipinski definition) is 2. The molecule has 0 spiro atoms. The molecule has 1 aliphatic carbocycles. The topological polar surface area (TPSA) is 90.7 Å². The summed E-state index contributed by atoms with van der Waals surface area (Å²) in [5.74, 6) is 0.0429. The number of halogens is 1. The molecule has 0 fully saturated rings. The van der Waals surface area contributed by atoms with Crippen molar-refractivity contribution in [1.82, 2.24) is 0 Å². The lowest BCUT2D eigenvalue weighted by Gasteiger charge is -2.24. The van der Waals surface area contributed by atoms with Gasteiger partial charge in [-0.2, -0.15) is 0 Å². The molecule has 126 valence electrons. The van der Waals surface area contributed by atoms with Crippen LogP contribution in [0.15, 0.2) is 53.5 Å². The molecule has 0 radical (unpaired) electrons. The van der Waals surface area contributed by atoms with E-state index in [2.05, 4.69) is 4.99 Å². The van der Waals surface area contributed by atoms with Gasteiger partial charge in [0.05, 0.1) is 11.6 Å². The number of rotatable bonds is 3. The summed E-state index contributed by atoms with van der Waals surface area (Å²) in [6, 6.07) is 14.8. The van der Waals surface area contributed by atoms with Crippen molar-refractivity contribution in [2.24, 2.45) is 16.5 Å². The number of para-hydroxylation sites is 1. The van der Waals surface area contributed by atoms with E-state index in [9.17, 15) is 4.79 Å². The monoisotopic (exact) mass is 345 g/mol. The molecule has 0 aliphatic heterocycles. The molecule has 0 saturated heterocycles. The Morgan fingerprint density at radius 3 is 2.58 bits per heavy atom. The summed E-state index contributed by atoms with van der Waals surface area (Å²) in [5, 5.41) is 0. The van der Waals surface area contributed by atoms with Crippen molar-refractivity contribution in [3.63, 3.8) is 0 Å². The fourth-order valence-electron chi connectivity index (χ4n) is 2.93. The summed E-state index contributed by atoms with van der Waals surface area (Å²) in [7, 11) is 0. The molecule has 0 bridgehead atoms. The number of carbonyl (C=O) groups is 1. The van der Waals surface area contributed by atoms with Gasteiger partial charge in [-0.25, -0.2) is 4.99 Å². The Hall–Kier alpha value is -2.53. The molecule has 0 saturated carbocycles. The molecular formula is C18H20ClN3O2. The minimum Gasteiger partial charge on any atom is -0.426 e. The summed E-state index contributed by atoms with van der Waals surface area (Å²) in [4.78, 5) is 16.6. The van der Waals surface area contributed by atoms with Crippen LogP contribution in [0.3, 0.4) is 0 Å². The lowest BCUT2D eigenvalue weighted by atomic mass is 9.82. The first kappa shape index (κ1) is 17.8. The van der Waals surface area contributed by atoms with Gasteiger partial charge in [0.2, 0.25) is 0 Å². The highest BCUT2D eigenvalue weighted by Crippen LogP contribution is 2.35. The van der Waals surface area contributed by atoms with Crippen molar-refractivity contribution >= 4 is 30.0 Å². The summed E-state index contributed by atoms with van der Waals surface area (Å²) >= 11 is 0. The first-order valence-electron chi connectivity index (χ1n) is 7.62. The number of carbonyl (C=O) groups excluding carboxylic acids is 1. The van der Waals surface area contributed by atoms with Crippen LogP contribution in [-0.4, -0.2) is 11.9 Å². The largest absolute Gasteiger partial charge is 0.426 e. The Bertz CT molecular complexity index is 743. The number of hydrogen-bond acceptors (Lipinski definition) is 3. The molecule has 4 N–H and O–H groups in total. The van der Waals surface area contributed by atoms with Gasteiger partial charge in [0.25, 0.3) is 0 Å². The minimum absolute atomic E-state index is 0. The fourth-order valence-corrected chi connectivity index (χ4v) is 2.93. The molecule has 24 heavy (non-hydrogen) atoms. The molecule has 5 nitrogen and oxygen atoms in total. The van der Waals surface area contributed by atoms with Crippen molar-refractivity contribution in [3.8, 4) is 5.75 Å². The summed E-state index contributed by atoms with van der Waals surface area (Å²) in [6.45, 7) is 0. The molecular weight excluding hydrogens is 326 g/mol. The number of nitrogens with zero attached hydrogens (tertiary/aromatic N) is 1. The number of aliphatic imine (C=N–C) groups is 1. The molecule has 0 heterocycles. The van der Waals surface area contributed by atoms with Crippen LogP contribution in [0.25, 0.3) is 0 Å². The third-order valence-electron chi connectivity index (χ3n) is 3.95. The van der Waals surface area contributed by atoms with Gasteiger partial charge in [-0.15, -0.1) is 12.4 Å². The lowest BCUT2D eigenvalue weighted by Crippen LogP contribution is -2.23. The van der Waals surface area contributed by atoms with E-state index in [0.717, 1.165) is 30.4 Å². The Labute approximate surface area is 147 Å². The van der Waals surface area contributed by atoms with Crippen LogP contribution in [0.1, 0.15) is 29.9 Å². The number of esters is 1. The second-order valence-corrected chi connectivity index (χ2v) is 5.60. The third-order valence-corrected chi connectivity index (χ3v) is 3.95. The maximum absolute atomic E-state index is 12.6. The first-order valence-corrected chi connectivity index (χ1v) is 7.62. The van der Waals surface area contributed by atoms with E-state index in [1.807, 2.05) is 36.4 Å². The van der Waals surface area contributed by atoms with Crippen LogP contribution in [0.2, 0.25) is 0 Å². The zero-order valence-electron chi connectivity index (χ0n) is 13.1. The smallest absolute Gasteiger partial charge is 0.318 e. The molecule has 2 aromatic carbocycles. The Morgan fingerprint density at radius 2 is 1.88 bits per heavy atom. The average molecular weight is 346 g/mol. The van der Waals surface area contributed by atoms with E-state index < -0.39 is 0 Å². The highest BCUT2D eigenvalue weighted by molar-refractivity contribution is 5.85. The highest BCUT2D eigenvalue weighted by atomic mass is 35.5. The number of fused-ring (bicyclic) bond motifs is 1. The third kappa shape index (κ3) is 4.06. The zero-order valence-corrected chi connectivity index (χ0v) is 14.0. The van der Waals surface area contributed by atoms with Crippen molar-refractivity contribution in [2.45, 2.75) is 25.2 Å². The standard InChI is InChI=1S/C18H19N3O2.ClH/c19-18(20)21-13-10-9-12-5-4-8-15(16(12)11-13)17(22)23-14-6-2-1-3-7-14;/h1-3,6-7,9-11,15H,4-5,8H2,(H4,19,20,21);1H. The summed E-state index contributed by atoms with van der Waals surface area (Å²) in [5.41, 5.74) is 13.6. The van der Waals surface area contributed by atoms with Crippen molar-refractivity contribution < 1.29 is 9.53 Å². The molecule has 1 atom stereocenters. The van der Waals surface area contributed by atoms with Gasteiger partial charge < -0.3 is 16.2 Å². The summed E-state index contributed by atoms with van der Waals surface area (Å²) in [6.07, 6.45) is 2.68. The van der Waals surface area contributed by atoms with E-state index >= 15 is 0 Å². The number of ether oxygens (including phenoxy) is 1. The lowest BCUT2D eigenvalue weighted by molar-refractivity contribution is -0.136. The maximum atomic E-state index is 12.6. The fraction of sp³-hybridized carbons (Fsp3) is 0.222. The predicted octanol–water partition coefficient (Wildman–Crippen LogP) is 3.04. The molecule has 6 heteroatoms. The van der Waals surface area contributed by atoms with Crippen LogP contribution < -0.4 is 16.2 Å². The normalized spacial score (nSPS) is 15.6. The second-order valence-electron chi connectivity index (χ2n) is 5.60. The molecule has 0 amide bonds. The van der Waals surface area contributed by atoms with E-state index in [4.69, 9.17) is 16.2 Å². The van der Waals surface area contributed by atoms with Crippen molar-refractivity contribution in [2.75, 3.05) is 0 Å². The molecule has 1 aliphatic rings. The number of guanidine groups is 1. The summed E-state index contributed by atoms with van der Waals surface area (Å²) < 4.78 is 5.51. The SMILES string of the molecule is Cl.NC(N)=Nc1ccc2c(c1)C(C(=O)Oc1ccccc1)CCC2. The van der Waals surface area contributed by atoms with Crippen molar-refractivity contribution in [3.05, 3.63) is 59.7 Å². The van der Waals surface area contributed by atoms with Gasteiger partial charge in [-0.1, -0.05) is 24.3 Å². The first-order chi connectivity index (χ1) is 11.1. The number of benzene rings is 2.